The molecule has 0 aliphatic carbocycles. The highest BCUT2D eigenvalue weighted by molar-refractivity contribution is 5.69. The summed E-state index contributed by atoms with van der Waals surface area (Å²) in [5, 5.41) is 8.93. The number of carboxylic acids is 1. The summed E-state index contributed by atoms with van der Waals surface area (Å²) >= 11 is 0. The fourth-order valence-electron chi connectivity index (χ4n) is 2.44. The Morgan fingerprint density at radius 2 is 1.50 bits per heavy atom. The standard InChI is InChI=1S/C16H32O2/c1-4-6-11-14(3)12-9-7-8-10-13-15(5-2)16(17)18/h14-15H,4-13H2,1-3H3,(H,17,18). The molecule has 0 bridgehead atoms. The van der Waals surface area contributed by atoms with Crippen molar-refractivity contribution in [1.82, 2.24) is 0 Å². The predicted octanol–water partition coefficient (Wildman–Crippen LogP) is 5.26. The molecule has 0 aliphatic heterocycles. The summed E-state index contributed by atoms with van der Waals surface area (Å²) in [6.45, 7) is 6.57. The van der Waals surface area contributed by atoms with Crippen molar-refractivity contribution < 1.29 is 9.90 Å². The number of rotatable bonds is 12. The number of aliphatic carboxylic acids is 1. The van der Waals surface area contributed by atoms with Crippen molar-refractivity contribution in [2.75, 3.05) is 0 Å². The maximum atomic E-state index is 10.8. The lowest BCUT2D eigenvalue weighted by molar-refractivity contribution is -0.142. The summed E-state index contributed by atoms with van der Waals surface area (Å²) in [6, 6.07) is 0. The Morgan fingerprint density at radius 1 is 0.944 bits per heavy atom. The van der Waals surface area contributed by atoms with Crippen molar-refractivity contribution in [3.8, 4) is 0 Å². The van der Waals surface area contributed by atoms with Crippen LogP contribution in [0.15, 0.2) is 0 Å². The highest BCUT2D eigenvalue weighted by Gasteiger charge is 2.13. The second-order valence-electron chi connectivity index (χ2n) is 5.68. The highest BCUT2D eigenvalue weighted by Crippen LogP contribution is 2.18. The third-order valence-corrected chi connectivity index (χ3v) is 3.89. The topological polar surface area (TPSA) is 37.3 Å². The Labute approximate surface area is 113 Å². The fraction of sp³-hybridized carbons (Fsp3) is 0.938. The molecule has 0 fully saturated rings. The van der Waals surface area contributed by atoms with E-state index >= 15 is 0 Å². The third kappa shape index (κ3) is 9.49. The van der Waals surface area contributed by atoms with Gasteiger partial charge >= 0.3 is 5.97 Å². The SMILES string of the molecule is CCCCC(C)CCCCCCC(CC)C(=O)O. The van der Waals surface area contributed by atoms with Crippen molar-refractivity contribution in [2.24, 2.45) is 11.8 Å². The number of unbranched alkanes of at least 4 members (excludes halogenated alkanes) is 4. The zero-order valence-corrected chi connectivity index (χ0v) is 12.6. The van der Waals surface area contributed by atoms with Gasteiger partial charge in [-0.1, -0.05) is 72.1 Å². The van der Waals surface area contributed by atoms with E-state index in [1.54, 1.807) is 0 Å². The molecule has 1 N–H and O–H groups in total. The first-order valence-electron chi connectivity index (χ1n) is 7.84. The van der Waals surface area contributed by atoms with Crippen LogP contribution < -0.4 is 0 Å². The van der Waals surface area contributed by atoms with Gasteiger partial charge in [0, 0.05) is 0 Å². The van der Waals surface area contributed by atoms with Gasteiger partial charge in [-0.15, -0.1) is 0 Å². The van der Waals surface area contributed by atoms with Crippen LogP contribution in [-0.2, 0) is 4.79 Å². The van der Waals surface area contributed by atoms with E-state index in [1.807, 2.05) is 6.92 Å². The van der Waals surface area contributed by atoms with Crippen molar-refractivity contribution in [2.45, 2.75) is 85.0 Å². The first kappa shape index (κ1) is 17.5. The van der Waals surface area contributed by atoms with Crippen LogP contribution in [0.3, 0.4) is 0 Å². The molecule has 0 heterocycles. The van der Waals surface area contributed by atoms with Crippen LogP contribution in [0.5, 0.6) is 0 Å². The molecule has 108 valence electrons. The van der Waals surface area contributed by atoms with Crippen LogP contribution in [0.1, 0.15) is 85.0 Å². The van der Waals surface area contributed by atoms with Crippen LogP contribution >= 0.6 is 0 Å². The lowest BCUT2D eigenvalue weighted by Crippen LogP contribution is -2.12. The van der Waals surface area contributed by atoms with E-state index < -0.39 is 5.97 Å². The van der Waals surface area contributed by atoms with Gasteiger partial charge in [-0.2, -0.15) is 0 Å². The molecule has 0 saturated heterocycles. The maximum absolute atomic E-state index is 10.8. The van der Waals surface area contributed by atoms with Crippen LogP contribution in [0.4, 0.5) is 0 Å². The van der Waals surface area contributed by atoms with Crippen LogP contribution in [0.25, 0.3) is 0 Å². The van der Waals surface area contributed by atoms with Crippen molar-refractivity contribution >= 4 is 5.97 Å². The Bertz CT molecular complexity index is 201. The predicted molar refractivity (Wildman–Crippen MR) is 77.8 cm³/mol. The lowest BCUT2D eigenvalue weighted by Gasteiger charge is -2.11. The highest BCUT2D eigenvalue weighted by atomic mass is 16.4. The minimum absolute atomic E-state index is 0.117. The number of hydrogen-bond donors (Lipinski definition) is 1. The van der Waals surface area contributed by atoms with Gasteiger partial charge in [-0.05, 0) is 18.8 Å². The molecule has 0 amide bonds. The molecule has 2 unspecified atom stereocenters. The molecule has 2 nitrogen and oxygen atoms in total. The zero-order chi connectivity index (χ0) is 13.8. The largest absolute Gasteiger partial charge is 0.481 e. The summed E-state index contributed by atoms with van der Waals surface area (Å²) in [7, 11) is 0. The van der Waals surface area contributed by atoms with Gasteiger partial charge in [0.2, 0.25) is 0 Å². The van der Waals surface area contributed by atoms with Gasteiger partial charge < -0.3 is 5.11 Å². The Kier molecular flexibility index (Phi) is 11.2. The van der Waals surface area contributed by atoms with Crippen molar-refractivity contribution in [3.63, 3.8) is 0 Å². The molecule has 0 rings (SSSR count). The molecule has 0 aromatic carbocycles. The lowest BCUT2D eigenvalue weighted by atomic mass is 9.95. The molecule has 18 heavy (non-hydrogen) atoms. The molecule has 2 heteroatoms. The van der Waals surface area contributed by atoms with Crippen LogP contribution in [0, 0.1) is 11.8 Å². The van der Waals surface area contributed by atoms with E-state index in [4.69, 9.17) is 5.11 Å². The molecule has 0 saturated carbocycles. The molecular formula is C16H32O2. The Hall–Kier alpha value is -0.530. The third-order valence-electron chi connectivity index (χ3n) is 3.89. The molecule has 2 atom stereocenters. The van der Waals surface area contributed by atoms with Crippen LogP contribution in [0.2, 0.25) is 0 Å². The number of carboxylic acid groups (broad SMARTS) is 1. The smallest absolute Gasteiger partial charge is 0.306 e. The molecule has 0 spiro atoms. The fourth-order valence-corrected chi connectivity index (χ4v) is 2.44. The summed E-state index contributed by atoms with van der Waals surface area (Å²) < 4.78 is 0. The van der Waals surface area contributed by atoms with E-state index in [0.29, 0.717) is 0 Å². The van der Waals surface area contributed by atoms with Gasteiger partial charge in [0.15, 0.2) is 0 Å². The van der Waals surface area contributed by atoms with Crippen molar-refractivity contribution in [1.29, 1.82) is 0 Å². The average molecular weight is 256 g/mol. The molecule has 0 aromatic heterocycles. The second kappa shape index (κ2) is 11.6. The van der Waals surface area contributed by atoms with E-state index in [9.17, 15) is 4.79 Å². The van der Waals surface area contributed by atoms with E-state index in [-0.39, 0.29) is 5.92 Å². The number of hydrogen-bond acceptors (Lipinski definition) is 1. The van der Waals surface area contributed by atoms with Gasteiger partial charge in [-0.3, -0.25) is 4.79 Å². The van der Waals surface area contributed by atoms with E-state index in [0.717, 1.165) is 25.2 Å². The minimum Gasteiger partial charge on any atom is -0.481 e. The summed E-state index contributed by atoms with van der Waals surface area (Å²) in [4.78, 5) is 10.8. The first-order valence-corrected chi connectivity index (χ1v) is 7.84. The van der Waals surface area contributed by atoms with Gasteiger partial charge in [-0.25, -0.2) is 0 Å². The quantitative estimate of drug-likeness (QED) is 0.483. The monoisotopic (exact) mass is 256 g/mol. The molecule has 0 radical (unpaired) electrons. The van der Waals surface area contributed by atoms with E-state index in [2.05, 4.69) is 13.8 Å². The normalized spacial score (nSPS) is 14.4. The molecule has 0 aliphatic rings. The number of carbonyl (C=O) groups is 1. The average Bonchev–Trinajstić information content (AvgIpc) is 2.35. The van der Waals surface area contributed by atoms with Crippen LogP contribution in [-0.4, -0.2) is 11.1 Å². The molecular weight excluding hydrogens is 224 g/mol. The second-order valence-corrected chi connectivity index (χ2v) is 5.68. The summed E-state index contributed by atoms with van der Waals surface area (Å²) in [5.74, 6) is 0.131. The maximum Gasteiger partial charge on any atom is 0.306 e. The molecule has 0 aromatic rings. The minimum atomic E-state index is -0.620. The van der Waals surface area contributed by atoms with Crippen molar-refractivity contribution in [3.05, 3.63) is 0 Å². The summed E-state index contributed by atoms with van der Waals surface area (Å²) in [6.07, 6.45) is 11.9. The van der Waals surface area contributed by atoms with Gasteiger partial charge in [0.25, 0.3) is 0 Å². The Balaban J connectivity index is 3.37. The zero-order valence-electron chi connectivity index (χ0n) is 12.6. The summed E-state index contributed by atoms with van der Waals surface area (Å²) in [5.41, 5.74) is 0. The van der Waals surface area contributed by atoms with Gasteiger partial charge in [0.1, 0.15) is 0 Å². The van der Waals surface area contributed by atoms with Gasteiger partial charge in [0.05, 0.1) is 5.92 Å². The Morgan fingerprint density at radius 3 is 2.00 bits per heavy atom. The first-order chi connectivity index (χ1) is 8.61. The van der Waals surface area contributed by atoms with E-state index in [1.165, 1.54) is 44.9 Å².